The second kappa shape index (κ2) is 9.16. The number of ketones is 1. The number of rotatable bonds is 7. The molecule has 176 valence electrons. The number of nitrogens with zero attached hydrogens (tertiary/aromatic N) is 1. The zero-order valence-electron chi connectivity index (χ0n) is 18.8. The summed E-state index contributed by atoms with van der Waals surface area (Å²) in [5.41, 5.74) is -0.706. The average Bonchev–Trinajstić information content (AvgIpc) is 3.25. The number of alkyl halides is 3. The lowest BCUT2D eigenvalue weighted by Crippen LogP contribution is -2.39. The van der Waals surface area contributed by atoms with E-state index in [0.717, 1.165) is 37.1 Å². The second-order valence-electron chi connectivity index (χ2n) is 10.2. The highest BCUT2D eigenvalue weighted by atomic mass is 19.4. The number of halogens is 3. The fourth-order valence-electron chi connectivity index (χ4n) is 5.87. The van der Waals surface area contributed by atoms with E-state index in [2.05, 4.69) is 24.1 Å². The molecule has 1 N–H and O–H groups in total. The number of likely N-dealkylation sites (tertiary alicyclic amines) is 1. The number of carbonyl (C=O) groups is 2. The molecule has 0 bridgehead atoms. The van der Waals surface area contributed by atoms with Crippen LogP contribution in [0.15, 0.2) is 24.3 Å². The van der Waals surface area contributed by atoms with Crippen molar-refractivity contribution in [3.63, 3.8) is 0 Å². The topological polar surface area (TPSA) is 49.4 Å². The van der Waals surface area contributed by atoms with Crippen LogP contribution in [0.2, 0.25) is 0 Å². The Morgan fingerprint density at radius 1 is 1.06 bits per heavy atom. The zero-order valence-corrected chi connectivity index (χ0v) is 18.8. The van der Waals surface area contributed by atoms with Crippen molar-refractivity contribution in [3.05, 3.63) is 29.8 Å². The van der Waals surface area contributed by atoms with Crippen molar-refractivity contribution in [3.8, 4) is 0 Å². The number of hydrogen-bond donors (Lipinski definition) is 1. The molecule has 1 amide bonds. The molecular weight excluding hydrogens is 417 g/mol. The van der Waals surface area contributed by atoms with Crippen LogP contribution in [0.1, 0.15) is 57.9 Å². The molecule has 0 aromatic heterocycles. The van der Waals surface area contributed by atoms with Crippen LogP contribution in [0.25, 0.3) is 0 Å². The quantitative estimate of drug-likeness (QED) is 0.606. The maximum atomic E-state index is 12.8. The minimum absolute atomic E-state index is 0.00789. The van der Waals surface area contributed by atoms with E-state index in [1.807, 2.05) is 0 Å². The van der Waals surface area contributed by atoms with Gasteiger partial charge in [-0.05, 0) is 67.6 Å². The predicted octanol–water partition coefficient (Wildman–Crippen LogP) is 5.39. The van der Waals surface area contributed by atoms with Crippen LogP contribution in [-0.4, -0.2) is 35.7 Å². The van der Waals surface area contributed by atoms with Crippen LogP contribution in [0.4, 0.5) is 18.9 Å². The van der Waals surface area contributed by atoms with Crippen molar-refractivity contribution in [1.82, 2.24) is 4.90 Å². The number of anilines is 1. The summed E-state index contributed by atoms with van der Waals surface area (Å²) in [6, 6.07) is 5.21. The molecule has 2 aliphatic carbocycles. The van der Waals surface area contributed by atoms with Crippen molar-refractivity contribution in [2.75, 3.05) is 18.4 Å². The fourth-order valence-corrected chi connectivity index (χ4v) is 5.87. The van der Waals surface area contributed by atoms with E-state index in [1.165, 1.54) is 37.8 Å². The Hall–Kier alpha value is -1.89. The van der Waals surface area contributed by atoms with Crippen molar-refractivity contribution in [2.24, 2.45) is 29.6 Å². The van der Waals surface area contributed by atoms with Crippen LogP contribution in [-0.2, 0) is 15.8 Å². The Morgan fingerprint density at radius 2 is 1.72 bits per heavy atom. The summed E-state index contributed by atoms with van der Waals surface area (Å²) in [5.74, 6) is 2.23. The highest BCUT2D eigenvalue weighted by Gasteiger charge is 2.59. The number of piperidine rings is 1. The summed E-state index contributed by atoms with van der Waals surface area (Å²) >= 11 is 0. The summed E-state index contributed by atoms with van der Waals surface area (Å²) in [5, 5.41) is 2.48. The molecule has 2 saturated carbocycles. The molecule has 3 aliphatic rings. The molecule has 1 aromatic carbocycles. The van der Waals surface area contributed by atoms with Gasteiger partial charge in [-0.15, -0.1) is 0 Å². The normalized spacial score (nSPS) is 30.2. The summed E-state index contributed by atoms with van der Waals surface area (Å²) in [4.78, 5) is 27.3. The number of Topliss-reactive ketones (excluding diaryl/α,β-unsaturated/α-hetero) is 1. The van der Waals surface area contributed by atoms with Crippen molar-refractivity contribution in [1.29, 1.82) is 0 Å². The number of fused-ring (bicyclic) bond motifs is 1. The molecule has 4 nitrogen and oxygen atoms in total. The third-order valence-corrected chi connectivity index (χ3v) is 7.87. The molecule has 0 spiro atoms. The Labute approximate surface area is 187 Å². The Kier molecular flexibility index (Phi) is 6.66. The maximum absolute atomic E-state index is 12.8. The van der Waals surface area contributed by atoms with Gasteiger partial charge >= 0.3 is 6.18 Å². The van der Waals surface area contributed by atoms with E-state index < -0.39 is 17.6 Å². The molecule has 32 heavy (non-hydrogen) atoms. The van der Waals surface area contributed by atoms with Crippen molar-refractivity contribution < 1.29 is 22.8 Å². The summed E-state index contributed by atoms with van der Waals surface area (Å²) < 4.78 is 38.4. The van der Waals surface area contributed by atoms with E-state index in [1.54, 1.807) is 0 Å². The van der Waals surface area contributed by atoms with Gasteiger partial charge in [-0.2, -0.15) is 13.2 Å². The van der Waals surface area contributed by atoms with Gasteiger partial charge in [0.15, 0.2) is 0 Å². The molecule has 4 rings (SSSR count). The minimum Gasteiger partial charge on any atom is -0.326 e. The van der Waals surface area contributed by atoms with E-state index in [-0.39, 0.29) is 30.2 Å². The largest absolute Gasteiger partial charge is 0.416 e. The van der Waals surface area contributed by atoms with Crippen LogP contribution in [0.5, 0.6) is 0 Å². The lowest BCUT2D eigenvalue weighted by molar-refractivity contribution is -0.137. The average molecular weight is 451 g/mol. The first-order valence-electron chi connectivity index (χ1n) is 11.9. The van der Waals surface area contributed by atoms with Gasteiger partial charge < -0.3 is 5.32 Å². The standard InChI is InChI=1S/C25H33F3N2O2/c1-15(2)16-6-8-19(9-7-16)30-13-20-21(14-30)24(20)22(31)10-11-23(32)29-18-5-3-4-17(12-18)25(26,27)28/h3-5,12,15-16,19-21,24H,6-11,13-14H2,1-2H3,(H,29,32)/t16?,19?,20-,21+,24?. The summed E-state index contributed by atoms with van der Waals surface area (Å²) in [6.07, 6.45) is 0.834. The molecule has 1 aliphatic heterocycles. The molecule has 1 aromatic rings. The second-order valence-corrected chi connectivity index (χ2v) is 10.2. The predicted molar refractivity (Wildman–Crippen MR) is 117 cm³/mol. The van der Waals surface area contributed by atoms with Crippen molar-refractivity contribution >= 4 is 17.4 Å². The first-order chi connectivity index (χ1) is 15.1. The molecule has 1 heterocycles. The summed E-state index contributed by atoms with van der Waals surface area (Å²) in [6.45, 7) is 6.61. The first-order valence-corrected chi connectivity index (χ1v) is 11.9. The molecule has 3 atom stereocenters. The Balaban J connectivity index is 1.18. The number of hydrogen-bond acceptors (Lipinski definition) is 3. The minimum atomic E-state index is -4.46. The van der Waals surface area contributed by atoms with E-state index in [4.69, 9.17) is 0 Å². The van der Waals surface area contributed by atoms with Gasteiger partial charge in [0.2, 0.25) is 5.91 Å². The molecule has 7 heteroatoms. The lowest BCUT2D eigenvalue weighted by Gasteiger charge is -2.37. The van der Waals surface area contributed by atoms with Crippen LogP contribution >= 0.6 is 0 Å². The smallest absolute Gasteiger partial charge is 0.326 e. The monoisotopic (exact) mass is 450 g/mol. The van der Waals surface area contributed by atoms with Gasteiger partial charge in [0.1, 0.15) is 5.78 Å². The van der Waals surface area contributed by atoms with Crippen LogP contribution in [0.3, 0.4) is 0 Å². The zero-order chi connectivity index (χ0) is 23.0. The molecule has 3 fully saturated rings. The lowest BCUT2D eigenvalue weighted by atomic mass is 9.79. The number of carbonyl (C=O) groups excluding carboxylic acids is 2. The number of nitrogens with one attached hydrogen (secondary N) is 1. The highest BCUT2D eigenvalue weighted by Crippen LogP contribution is 2.54. The molecule has 0 radical (unpaired) electrons. The number of benzene rings is 1. The summed E-state index contributed by atoms with van der Waals surface area (Å²) in [7, 11) is 0. The van der Waals surface area contributed by atoms with E-state index in [0.29, 0.717) is 17.9 Å². The highest BCUT2D eigenvalue weighted by molar-refractivity contribution is 5.94. The molecular formula is C25H33F3N2O2. The molecule has 1 unspecified atom stereocenters. The van der Waals surface area contributed by atoms with Gasteiger partial charge in [0.25, 0.3) is 0 Å². The SMILES string of the molecule is CC(C)C1CCC(N2C[C@@H]3C(C(=O)CCC(=O)Nc4cccc(C(F)(F)F)c4)[C@@H]3C2)CC1. The fraction of sp³-hybridized carbons (Fsp3) is 0.680. The third kappa shape index (κ3) is 5.19. The molecule has 1 saturated heterocycles. The third-order valence-electron chi connectivity index (χ3n) is 7.87. The van der Waals surface area contributed by atoms with Gasteiger partial charge in [-0.25, -0.2) is 0 Å². The van der Waals surface area contributed by atoms with Crippen LogP contribution < -0.4 is 5.32 Å². The Morgan fingerprint density at radius 3 is 2.31 bits per heavy atom. The maximum Gasteiger partial charge on any atom is 0.416 e. The Bertz CT molecular complexity index is 834. The number of amides is 1. The van der Waals surface area contributed by atoms with E-state index in [9.17, 15) is 22.8 Å². The van der Waals surface area contributed by atoms with E-state index >= 15 is 0 Å². The van der Waals surface area contributed by atoms with Gasteiger partial charge in [-0.3, -0.25) is 14.5 Å². The first kappa shape index (κ1) is 23.3. The van der Waals surface area contributed by atoms with Crippen molar-refractivity contribution in [2.45, 2.75) is 64.6 Å². The van der Waals surface area contributed by atoms with Gasteiger partial charge in [0, 0.05) is 43.6 Å². The van der Waals surface area contributed by atoms with Crippen LogP contribution in [0, 0.1) is 29.6 Å². The van der Waals surface area contributed by atoms with Gasteiger partial charge in [0.05, 0.1) is 5.56 Å². The van der Waals surface area contributed by atoms with Gasteiger partial charge in [-0.1, -0.05) is 19.9 Å².